The summed E-state index contributed by atoms with van der Waals surface area (Å²) < 4.78 is 53.1. The van der Waals surface area contributed by atoms with Gasteiger partial charge in [-0.3, -0.25) is 0 Å². The van der Waals surface area contributed by atoms with E-state index in [1.54, 1.807) is 43.3 Å². The molecule has 146 valence electrons. The molecule has 0 radical (unpaired) electrons. The van der Waals surface area contributed by atoms with Gasteiger partial charge in [0.05, 0.1) is 15.0 Å². The molecule has 27 heavy (non-hydrogen) atoms. The molecule has 0 aromatic heterocycles. The zero-order valence-electron chi connectivity index (χ0n) is 15.8. The van der Waals surface area contributed by atoms with Gasteiger partial charge in [-0.2, -0.15) is 4.31 Å². The first kappa shape index (κ1) is 20.0. The van der Waals surface area contributed by atoms with Crippen LogP contribution in [0, 0.1) is 20.8 Å². The Balaban J connectivity index is 1.80. The fraction of sp³-hybridized carbons (Fsp3) is 0.400. The lowest BCUT2D eigenvalue weighted by molar-refractivity contribution is 0.345. The zero-order valence-corrected chi connectivity index (χ0v) is 17.5. The van der Waals surface area contributed by atoms with Crippen LogP contribution in [0.4, 0.5) is 0 Å². The van der Waals surface area contributed by atoms with Crippen molar-refractivity contribution in [2.24, 2.45) is 0 Å². The van der Waals surface area contributed by atoms with Gasteiger partial charge in [-0.25, -0.2) is 16.8 Å². The molecule has 1 fully saturated rings. The Labute approximate surface area is 162 Å². The Morgan fingerprint density at radius 1 is 0.815 bits per heavy atom. The smallest absolute Gasteiger partial charge is 0.223 e. The van der Waals surface area contributed by atoms with E-state index in [-0.39, 0.29) is 13.1 Å². The lowest BCUT2D eigenvalue weighted by Crippen LogP contribution is -2.42. The maximum Gasteiger partial charge on any atom is 0.243 e. The molecule has 0 bridgehead atoms. The fourth-order valence-electron chi connectivity index (χ4n) is 3.54. The summed E-state index contributed by atoms with van der Waals surface area (Å²) in [6.45, 7) is 6.08. The summed E-state index contributed by atoms with van der Waals surface area (Å²) >= 11 is 0. The van der Waals surface area contributed by atoms with Crippen LogP contribution < -0.4 is 0 Å². The summed E-state index contributed by atoms with van der Waals surface area (Å²) in [4.78, 5) is 0.617. The minimum atomic E-state index is -3.63. The highest BCUT2D eigenvalue weighted by Crippen LogP contribution is 2.29. The van der Waals surface area contributed by atoms with E-state index in [4.69, 9.17) is 0 Å². The molecule has 0 atom stereocenters. The molecule has 0 unspecified atom stereocenters. The van der Waals surface area contributed by atoms with Crippen LogP contribution in [0.15, 0.2) is 52.3 Å². The molecule has 0 amide bonds. The highest BCUT2D eigenvalue weighted by Gasteiger charge is 2.36. The van der Waals surface area contributed by atoms with Crippen LogP contribution in [0.5, 0.6) is 0 Å². The molecule has 0 saturated carbocycles. The topological polar surface area (TPSA) is 71.5 Å². The summed E-state index contributed by atoms with van der Waals surface area (Å²) in [6.07, 6.45) is 0.612. The Morgan fingerprint density at radius 2 is 1.37 bits per heavy atom. The van der Waals surface area contributed by atoms with Crippen molar-refractivity contribution in [3.8, 4) is 0 Å². The summed E-state index contributed by atoms with van der Waals surface area (Å²) in [5, 5.41) is -0.549. The number of sulfone groups is 1. The monoisotopic (exact) mass is 407 g/mol. The quantitative estimate of drug-likeness (QED) is 0.780. The predicted octanol–water partition coefficient (Wildman–Crippen LogP) is 3.24. The average Bonchev–Trinajstić information content (AvgIpc) is 2.65. The minimum absolute atomic E-state index is 0.214. The third-order valence-electron chi connectivity index (χ3n) is 5.32. The largest absolute Gasteiger partial charge is 0.243 e. The predicted molar refractivity (Wildman–Crippen MR) is 106 cm³/mol. The van der Waals surface area contributed by atoms with E-state index < -0.39 is 25.1 Å². The fourth-order valence-corrected chi connectivity index (χ4v) is 7.05. The maximum absolute atomic E-state index is 13.1. The molecule has 7 heteroatoms. The molecule has 1 aliphatic heterocycles. The van der Waals surface area contributed by atoms with Crippen molar-refractivity contribution in [1.29, 1.82) is 0 Å². The standard InChI is InChI=1S/C20H25NO4S2/c1-15-13-17(3)20(14-16(15)2)27(24,25)21-11-9-19(10-12-21)26(22,23)18-7-5-4-6-8-18/h4-8,13-14,19H,9-12H2,1-3H3. The van der Waals surface area contributed by atoms with Gasteiger partial charge in [0.25, 0.3) is 0 Å². The number of rotatable bonds is 4. The second-order valence-electron chi connectivity index (χ2n) is 7.16. The van der Waals surface area contributed by atoms with Gasteiger partial charge in [0.15, 0.2) is 9.84 Å². The summed E-state index contributed by atoms with van der Waals surface area (Å²) in [5.74, 6) is 0. The van der Waals surface area contributed by atoms with Crippen molar-refractivity contribution < 1.29 is 16.8 Å². The number of aryl methyl sites for hydroxylation is 3. The van der Waals surface area contributed by atoms with Crippen molar-refractivity contribution in [1.82, 2.24) is 4.31 Å². The van der Waals surface area contributed by atoms with Gasteiger partial charge in [-0.1, -0.05) is 24.3 Å². The highest BCUT2D eigenvalue weighted by atomic mass is 32.2. The number of sulfonamides is 1. The van der Waals surface area contributed by atoms with Crippen molar-refractivity contribution in [2.75, 3.05) is 13.1 Å². The van der Waals surface area contributed by atoms with Gasteiger partial charge < -0.3 is 0 Å². The van der Waals surface area contributed by atoms with E-state index in [2.05, 4.69) is 0 Å². The second-order valence-corrected chi connectivity index (χ2v) is 11.3. The van der Waals surface area contributed by atoms with E-state index in [1.807, 2.05) is 19.9 Å². The van der Waals surface area contributed by atoms with Crippen LogP contribution in [0.3, 0.4) is 0 Å². The first-order chi connectivity index (χ1) is 12.6. The molecule has 0 aliphatic carbocycles. The number of hydrogen-bond donors (Lipinski definition) is 0. The van der Waals surface area contributed by atoms with Crippen molar-refractivity contribution in [3.63, 3.8) is 0 Å². The molecule has 3 rings (SSSR count). The lowest BCUT2D eigenvalue weighted by atomic mass is 10.1. The van der Waals surface area contributed by atoms with Crippen molar-refractivity contribution in [2.45, 2.75) is 48.7 Å². The van der Waals surface area contributed by atoms with Crippen molar-refractivity contribution in [3.05, 3.63) is 59.2 Å². The minimum Gasteiger partial charge on any atom is -0.223 e. The van der Waals surface area contributed by atoms with Crippen LogP contribution in [0.25, 0.3) is 0 Å². The van der Waals surface area contributed by atoms with Gasteiger partial charge in [0, 0.05) is 13.1 Å². The zero-order chi connectivity index (χ0) is 19.8. The third-order valence-corrected chi connectivity index (χ3v) is 9.64. The van der Waals surface area contributed by atoms with Crippen LogP contribution >= 0.6 is 0 Å². The third kappa shape index (κ3) is 3.81. The van der Waals surface area contributed by atoms with E-state index in [0.29, 0.717) is 22.6 Å². The molecule has 0 N–H and O–H groups in total. The molecule has 1 saturated heterocycles. The molecule has 2 aromatic rings. The SMILES string of the molecule is Cc1cc(C)c(S(=O)(=O)N2CCC(S(=O)(=O)c3ccccc3)CC2)cc1C. The molecule has 1 heterocycles. The molecule has 1 aliphatic rings. The number of piperidine rings is 1. The first-order valence-electron chi connectivity index (χ1n) is 9.01. The summed E-state index contributed by atoms with van der Waals surface area (Å²) in [7, 11) is -7.06. The average molecular weight is 408 g/mol. The van der Waals surface area contributed by atoms with Gasteiger partial charge in [-0.15, -0.1) is 0 Å². The van der Waals surface area contributed by atoms with Crippen molar-refractivity contribution >= 4 is 19.9 Å². The number of benzene rings is 2. The van der Waals surface area contributed by atoms with E-state index in [0.717, 1.165) is 16.7 Å². The number of hydrogen-bond acceptors (Lipinski definition) is 4. The Hall–Kier alpha value is -1.70. The highest BCUT2D eigenvalue weighted by molar-refractivity contribution is 7.92. The van der Waals surface area contributed by atoms with Crippen LogP contribution in [0.1, 0.15) is 29.5 Å². The summed E-state index contributed by atoms with van der Waals surface area (Å²) in [6, 6.07) is 12.0. The summed E-state index contributed by atoms with van der Waals surface area (Å²) in [5.41, 5.74) is 2.71. The Bertz CT molecular complexity index is 1040. The molecule has 5 nitrogen and oxygen atoms in total. The van der Waals surface area contributed by atoms with Crippen LogP contribution in [-0.4, -0.2) is 39.5 Å². The van der Waals surface area contributed by atoms with E-state index >= 15 is 0 Å². The van der Waals surface area contributed by atoms with Gasteiger partial charge in [0.1, 0.15) is 0 Å². The van der Waals surface area contributed by atoms with Gasteiger partial charge in [0.2, 0.25) is 10.0 Å². The van der Waals surface area contributed by atoms with Crippen LogP contribution in [-0.2, 0) is 19.9 Å². The van der Waals surface area contributed by atoms with E-state index in [9.17, 15) is 16.8 Å². The molecular weight excluding hydrogens is 382 g/mol. The molecule has 2 aromatic carbocycles. The normalized spacial score (nSPS) is 17.1. The maximum atomic E-state index is 13.1. The van der Waals surface area contributed by atoms with Gasteiger partial charge >= 0.3 is 0 Å². The number of nitrogens with zero attached hydrogens (tertiary/aromatic N) is 1. The van der Waals surface area contributed by atoms with Gasteiger partial charge in [-0.05, 0) is 68.5 Å². The van der Waals surface area contributed by atoms with E-state index in [1.165, 1.54) is 4.31 Å². The second kappa shape index (κ2) is 7.37. The Kier molecular flexibility index (Phi) is 5.47. The molecule has 0 spiro atoms. The van der Waals surface area contributed by atoms with Crippen LogP contribution in [0.2, 0.25) is 0 Å². The Morgan fingerprint density at radius 3 is 1.96 bits per heavy atom. The molecular formula is C20H25NO4S2. The first-order valence-corrected chi connectivity index (χ1v) is 12.0. The lowest BCUT2D eigenvalue weighted by Gasteiger charge is -2.31.